The smallest absolute Gasteiger partial charge is 0.268 e. The topological polar surface area (TPSA) is 73.4 Å². The van der Waals surface area contributed by atoms with Gasteiger partial charge in [0.2, 0.25) is 0 Å². The van der Waals surface area contributed by atoms with Crippen molar-refractivity contribution in [2.24, 2.45) is 5.73 Å². The molecule has 0 aliphatic heterocycles. The van der Waals surface area contributed by atoms with Crippen LogP contribution in [0.5, 0.6) is 5.75 Å². The molecule has 2 N–H and O–H groups in total. The molecule has 1 aromatic carbocycles. The van der Waals surface area contributed by atoms with Gasteiger partial charge in [-0.15, -0.1) is 0 Å². The van der Waals surface area contributed by atoms with Crippen LogP contribution in [0.3, 0.4) is 0 Å². The molecular formula is C15H20N4O2. The van der Waals surface area contributed by atoms with Gasteiger partial charge in [0.25, 0.3) is 5.56 Å². The lowest BCUT2D eigenvalue weighted by Crippen LogP contribution is -2.29. The molecule has 2 rings (SSSR count). The zero-order valence-electron chi connectivity index (χ0n) is 12.5. The van der Waals surface area contributed by atoms with Gasteiger partial charge < -0.3 is 15.4 Å². The lowest BCUT2D eigenvalue weighted by molar-refractivity contribution is 0.399. The lowest BCUT2D eigenvalue weighted by atomic mass is 10.1. The Hall–Kier alpha value is -2.34. The van der Waals surface area contributed by atoms with E-state index in [4.69, 9.17) is 10.5 Å². The molecule has 0 aliphatic carbocycles. The van der Waals surface area contributed by atoms with Crippen LogP contribution < -0.4 is 20.9 Å². The summed E-state index contributed by atoms with van der Waals surface area (Å²) in [5.74, 6) is 0.711. The van der Waals surface area contributed by atoms with E-state index in [0.717, 1.165) is 11.3 Å². The fraction of sp³-hybridized carbons (Fsp3) is 0.333. The average molecular weight is 288 g/mol. The molecule has 112 valence electrons. The van der Waals surface area contributed by atoms with Crippen LogP contribution in [0, 0.1) is 0 Å². The number of nitrogens with zero attached hydrogens (tertiary/aromatic N) is 3. The van der Waals surface area contributed by atoms with E-state index in [9.17, 15) is 4.79 Å². The molecule has 1 heterocycles. The van der Waals surface area contributed by atoms with Crippen LogP contribution in [0.15, 0.2) is 41.3 Å². The number of benzene rings is 1. The predicted octanol–water partition coefficient (Wildman–Crippen LogP) is 1.02. The Kier molecular flexibility index (Phi) is 4.59. The van der Waals surface area contributed by atoms with Gasteiger partial charge in [0, 0.05) is 25.7 Å². The van der Waals surface area contributed by atoms with E-state index in [1.165, 1.54) is 4.68 Å². The van der Waals surface area contributed by atoms with Crippen molar-refractivity contribution in [3.63, 3.8) is 0 Å². The lowest BCUT2D eigenvalue weighted by Gasteiger charge is -2.17. The number of hydrogen-bond acceptors (Lipinski definition) is 5. The van der Waals surface area contributed by atoms with Crippen molar-refractivity contribution in [1.29, 1.82) is 0 Å². The second kappa shape index (κ2) is 6.41. The maximum Gasteiger partial charge on any atom is 0.268 e. The van der Waals surface area contributed by atoms with Crippen LogP contribution >= 0.6 is 0 Å². The Morgan fingerprint density at radius 3 is 2.71 bits per heavy atom. The Balaban J connectivity index is 2.24. The van der Waals surface area contributed by atoms with Gasteiger partial charge in [0.05, 0.1) is 31.6 Å². The summed E-state index contributed by atoms with van der Waals surface area (Å²) in [5, 5.41) is 4.16. The molecule has 0 aliphatic rings. The van der Waals surface area contributed by atoms with E-state index in [1.54, 1.807) is 19.4 Å². The minimum atomic E-state index is -0.364. The fourth-order valence-electron chi connectivity index (χ4n) is 2.06. The number of rotatable bonds is 5. The zero-order chi connectivity index (χ0) is 15.4. The molecule has 0 amide bonds. The summed E-state index contributed by atoms with van der Waals surface area (Å²) < 4.78 is 6.66. The van der Waals surface area contributed by atoms with Gasteiger partial charge in [-0.2, -0.15) is 5.10 Å². The summed E-state index contributed by atoms with van der Waals surface area (Å²) >= 11 is 0. The minimum Gasteiger partial charge on any atom is -0.496 e. The van der Waals surface area contributed by atoms with Crippen molar-refractivity contribution in [2.45, 2.75) is 12.6 Å². The van der Waals surface area contributed by atoms with E-state index in [1.807, 2.05) is 43.3 Å². The zero-order valence-corrected chi connectivity index (χ0v) is 12.5. The van der Waals surface area contributed by atoms with Gasteiger partial charge in [-0.05, 0) is 6.07 Å². The van der Waals surface area contributed by atoms with Crippen LogP contribution in [-0.4, -0.2) is 31.0 Å². The number of hydrogen-bond donors (Lipinski definition) is 1. The van der Waals surface area contributed by atoms with E-state index in [-0.39, 0.29) is 11.6 Å². The molecule has 6 heteroatoms. The Labute approximate surface area is 123 Å². The van der Waals surface area contributed by atoms with Gasteiger partial charge in [0.1, 0.15) is 5.75 Å². The second-order valence-corrected chi connectivity index (χ2v) is 4.98. The molecule has 1 aromatic heterocycles. The number of methoxy groups -OCH3 is 1. The summed E-state index contributed by atoms with van der Waals surface area (Å²) in [6.45, 7) is 0.299. The summed E-state index contributed by atoms with van der Waals surface area (Å²) in [5.41, 5.74) is 7.62. The second-order valence-electron chi connectivity index (χ2n) is 4.98. The highest BCUT2D eigenvalue weighted by atomic mass is 16.5. The van der Waals surface area contributed by atoms with Crippen molar-refractivity contribution >= 4 is 5.69 Å². The number of aromatic nitrogens is 2. The van der Waals surface area contributed by atoms with Crippen molar-refractivity contribution in [3.05, 3.63) is 52.4 Å². The highest BCUT2D eigenvalue weighted by Crippen LogP contribution is 2.23. The maximum absolute atomic E-state index is 12.1. The molecule has 0 spiro atoms. The SMILES string of the molecule is COc1ccccc1C(N)Cn1ncc(N(C)C)cc1=O. The fourth-order valence-corrected chi connectivity index (χ4v) is 2.06. The van der Waals surface area contributed by atoms with E-state index in [0.29, 0.717) is 12.3 Å². The van der Waals surface area contributed by atoms with Gasteiger partial charge in [0.15, 0.2) is 0 Å². The monoisotopic (exact) mass is 288 g/mol. The molecule has 0 bridgehead atoms. The number of anilines is 1. The van der Waals surface area contributed by atoms with Crippen LogP contribution in [0.1, 0.15) is 11.6 Å². The third-order valence-electron chi connectivity index (χ3n) is 3.28. The molecule has 2 aromatic rings. The Morgan fingerprint density at radius 2 is 2.10 bits per heavy atom. The van der Waals surface area contributed by atoms with Gasteiger partial charge >= 0.3 is 0 Å². The van der Waals surface area contributed by atoms with E-state index in [2.05, 4.69) is 5.10 Å². The molecule has 0 radical (unpaired) electrons. The third-order valence-corrected chi connectivity index (χ3v) is 3.28. The Morgan fingerprint density at radius 1 is 1.38 bits per heavy atom. The third kappa shape index (κ3) is 3.41. The van der Waals surface area contributed by atoms with Gasteiger partial charge in [-0.1, -0.05) is 18.2 Å². The van der Waals surface area contributed by atoms with Crippen LogP contribution in [0.25, 0.3) is 0 Å². The minimum absolute atomic E-state index is 0.174. The molecule has 0 saturated carbocycles. The highest BCUT2D eigenvalue weighted by Gasteiger charge is 2.13. The first-order valence-electron chi connectivity index (χ1n) is 6.66. The molecular weight excluding hydrogens is 268 g/mol. The van der Waals surface area contributed by atoms with Crippen molar-refractivity contribution in [3.8, 4) is 5.75 Å². The summed E-state index contributed by atoms with van der Waals surface area (Å²) in [6.07, 6.45) is 1.65. The van der Waals surface area contributed by atoms with Crippen LogP contribution in [0.2, 0.25) is 0 Å². The summed E-state index contributed by atoms with van der Waals surface area (Å²) in [6, 6.07) is 8.69. The summed E-state index contributed by atoms with van der Waals surface area (Å²) in [7, 11) is 5.32. The standard InChI is InChI=1S/C15H20N4O2/c1-18(2)11-8-15(20)19(17-9-11)10-13(16)12-6-4-5-7-14(12)21-3/h4-9,13H,10,16H2,1-3H3. The first-order chi connectivity index (χ1) is 10.0. The van der Waals surface area contributed by atoms with E-state index < -0.39 is 0 Å². The average Bonchev–Trinajstić information content (AvgIpc) is 2.48. The van der Waals surface area contributed by atoms with Gasteiger partial charge in [-0.25, -0.2) is 4.68 Å². The normalized spacial score (nSPS) is 12.0. The quantitative estimate of drug-likeness (QED) is 0.889. The van der Waals surface area contributed by atoms with Crippen LogP contribution in [0.4, 0.5) is 5.69 Å². The largest absolute Gasteiger partial charge is 0.496 e. The van der Waals surface area contributed by atoms with E-state index >= 15 is 0 Å². The maximum atomic E-state index is 12.1. The molecule has 0 fully saturated rings. The molecule has 0 saturated heterocycles. The molecule has 1 atom stereocenters. The van der Waals surface area contributed by atoms with Crippen LogP contribution in [-0.2, 0) is 6.54 Å². The predicted molar refractivity (Wildman–Crippen MR) is 82.7 cm³/mol. The molecule has 6 nitrogen and oxygen atoms in total. The first-order valence-corrected chi connectivity index (χ1v) is 6.66. The van der Waals surface area contributed by atoms with Gasteiger partial charge in [-0.3, -0.25) is 4.79 Å². The first kappa shape index (κ1) is 15.1. The Bertz CT molecular complexity index is 667. The summed E-state index contributed by atoms with van der Waals surface area (Å²) in [4.78, 5) is 13.9. The van der Waals surface area contributed by atoms with Crippen molar-refractivity contribution in [2.75, 3.05) is 26.1 Å². The van der Waals surface area contributed by atoms with Crippen molar-refractivity contribution < 1.29 is 4.74 Å². The number of nitrogens with two attached hydrogens (primary N) is 1. The van der Waals surface area contributed by atoms with Crippen molar-refractivity contribution in [1.82, 2.24) is 9.78 Å². The molecule has 1 unspecified atom stereocenters. The highest BCUT2D eigenvalue weighted by molar-refractivity contribution is 5.40. The molecule has 21 heavy (non-hydrogen) atoms. The number of ether oxygens (including phenoxy) is 1. The number of para-hydroxylation sites is 1.